The van der Waals surface area contributed by atoms with Gasteiger partial charge in [-0.3, -0.25) is 0 Å². The molecular weight excluding hydrogens is 232 g/mol. The lowest BCUT2D eigenvalue weighted by atomic mass is 10.0. The summed E-state index contributed by atoms with van der Waals surface area (Å²) < 4.78 is 2.43. The molecule has 1 N–H and O–H groups in total. The van der Waals surface area contributed by atoms with Gasteiger partial charge in [0, 0.05) is 25.0 Å². The zero-order valence-corrected chi connectivity index (χ0v) is 12.9. The number of aromatic nitrogens is 1. The van der Waals surface area contributed by atoms with E-state index < -0.39 is 0 Å². The lowest BCUT2D eigenvalue weighted by molar-refractivity contribution is 0.494. The van der Waals surface area contributed by atoms with E-state index in [-0.39, 0.29) is 0 Å². The minimum Gasteiger partial charge on any atom is -0.354 e. The van der Waals surface area contributed by atoms with Crippen molar-refractivity contribution >= 4 is 0 Å². The molecule has 2 nitrogen and oxygen atoms in total. The highest BCUT2D eigenvalue weighted by molar-refractivity contribution is 5.29. The zero-order valence-electron chi connectivity index (χ0n) is 12.9. The summed E-state index contributed by atoms with van der Waals surface area (Å²) in [5.41, 5.74) is 3.16. The number of hydrogen-bond donors (Lipinski definition) is 1. The number of fused-ring (bicyclic) bond motifs is 1. The molecule has 0 aliphatic heterocycles. The van der Waals surface area contributed by atoms with Crippen molar-refractivity contribution < 1.29 is 0 Å². The van der Waals surface area contributed by atoms with Crippen LogP contribution in [0.15, 0.2) is 12.4 Å². The van der Waals surface area contributed by atoms with Crippen molar-refractivity contribution in [1.82, 2.24) is 9.88 Å². The van der Waals surface area contributed by atoms with Gasteiger partial charge in [-0.15, -0.1) is 0 Å². The molecule has 0 amide bonds. The first-order valence-electron chi connectivity index (χ1n) is 8.12. The van der Waals surface area contributed by atoms with Gasteiger partial charge in [-0.1, -0.05) is 27.2 Å². The molecule has 19 heavy (non-hydrogen) atoms. The summed E-state index contributed by atoms with van der Waals surface area (Å²) in [6, 6.07) is 0.592. The predicted molar refractivity (Wildman–Crippen MR) is 82.5 cm³/mol. The molecule has 0 fully saturated rings. The van der Waals surface area contributed by atoms with Gasteiger partial charge in [0.25, 0.3) is 0 Å². The Morgan fingerprint density at radius 1 is 1.32 bits per heavy atom. The number of aryl methyl sites for hydroxylation is 2. The maximum absolute atomic E-state index is 3.65. The third kappa shape index (κ3) is 4.10. The first-order chi connectivity index (χ1) is 9.20. The lowest BCUT2D eigenvalue weighted by Gasteiger charge is -2.15. The molecule has 0 saturated carbocycles. The summed E-state index contributed by atoms with van der Waals surface area (Å²) in [6.45, 7) is 9.09. The van der Waals surface area contributed by atoms with E-state index in [2.05, 4.69) is 43.0 Å². The van der Waals surface area contributed by atoms with Crippen molar-refractivity contribution in [1.29, 1.82) is 0 Å². The van der Waals surface area contributed by atoms with Crippen molar-refractivity contribution in [3.63, 3.8) is 0 Å². The first-order valence-corrected chi connectivity index (χ1v) is 8.12. The van der Waals surface area contributed by atoms with Crippen LogP contribution in [0, 0.1) is 5.92 Å². The SMILES string of the molecule is CCNC1CCCCc2cn(CCCC(C)C)cc21. The minimum absolute atomic E-state index is 0.592. The standard InChI is InChI=1S/C17H30N2/c1-4-18-17-10-6-5-9-15-12-19(13-16(15)17)11-7-8-14(2)3/h12-14,17-18H,4-11H2,1-3H3. The summed E-state index contributed by atoms with van der Waals surface area (Å²) in [4.78, 5) is 0. The Kier molecular flexibility index (Phi) is 5.50. The van der Waals surface area contributed by atoms with Gasteiger partial charge in [-0.2, -0.15) is 0 Å². The molecule has 108 valence electrons. The van der Waals surface area contributed by atoms with Crippen molar-refractivity contribution in [2.24, 2.45) is 5.92 Å². The van der Waals surface area contributed by atoms with Crippen molar-refractivity contribution in [2.45, 2.75) is 71.9 Å². The molecule has 0 aromatic carbocycles. The number of nitrogens with zero attached hydrogens (tertiary/aromatic N) is 1. The molecule has 0 spiro atoms. The van der Waals surface area contributed by atoms with Gasteiger partial charge in [-0.25, -0.2) is 0 Å². The van der Waals surface area contributed by atoms with Crippen molar-refractivity contribution in [3.8, 4) is 0 Å². The van der Waals surface area contributed by atoms with Gasteiger partial charge in [0.15, 0.2) is 0 Å². The molecule has 2 heteroatoms. The molecule has 2 rings (SSSR count). The molecule has 0 bridgehead atoms. The molecule has 1 aromatic heterocycles. The second kappa shape index (κ2) is 7.14. The first kappa shape index (κ1) is 14.6. The Morgan fingerprint density at radius 2 is 2.16 bits per heavy atom. The van der Waals surface area contributed by atoms with Gasteiger partial charge in [-0.05, 0) is 55.7 Å². The van der Waals surface area contributed by atoms with Crippen LogP contribution in [0.1, 0.15) is 70.0 Å². The molecule has 1 aliphatic rings. The Morgan fingerprint density at radius 3 is 2.89 bits per heavy atom. The molecule has 0 radical (unpaired) electrons. The number of hydrogen-bond acceptors (Lipinski definition) is 1. The van der Waals surface area contributed by atoms with E-state index in [0.29, 0.717) is 6.04 Å². The number of rotatable bonds is 6. The smallest absolute Gasteiger partial charge is 0.0337 e. The van der Waals surface area contributed by atoms with E-state index in [1.165, 1.54) is 45.1 Å². The Balaban J connectivity index is 2.02. The van der Waals surface area contributed by atoms with Gasteiger partial charge in [0.05, 0.1) is 0 Å². The highest BCUT2D eigenvalue weighted by Gasteiger charge is 2.19. The van der Waals surface area contributed by atoms with Gasteiger partial charge >= 0.3 is 0 Å². The molecule has 1 atom stereocenters. The highest BCUT2D eigenvalue weighted by atomic mass is 15.0. The average molecular weight is 262 g/mol. The molecular formula is C17H30N2. The molecule has 1 heterocycles. The fourth-order valence-electron chi connectivity index (χ4n) is 3.19. The second-order valence-electron chi connectivity index (χ2n) is 6.37. The van der Waals surface area contributed by atoms with E-state index in [1.807, 2.05) is 0 Å². The van der Waals surface area contributed by atoms with Crippen LogP contribution < -0.4 is 5.32 Å². The van der Waals surface area contributed by atoms with Crippen LogP contribution in [0.3, 0.4) is 0 Å². The second-order valence-corrected chi connectivity index (χ2v) is 6.37. The maximum Gasteiger partial charge on any atom is 0.0337 e. The third-order valence-corrected chi connectivity index (χ3v) is 4.21. The number of nitrogens with one attached hydrogen (secondary N) is 1. The molecule has 0 saturated heterocycles. The fourth-order valence-corrected chi connectivity index (χ4v) is 3.19. The van der Waals surface area contributed by atoms with E-state index in [1.54, 1.807) is 11.1 Å². The summed E-state index contributed by atoms with van der Waals surface area (Å²) in [5, 5.41) is 3.65. The van der Waals surface area contributed by atoms with E-state index >= 15 is 0 Å². The van der Waals surface area contributed by atoms with E-state index in [9.17, 15) is 0 Å². The van der Waals surface area contributed by atoms with Crippen molar-refractivity contribution in [2.75, 3.05) is 6.54 Å². The Bertz CT molecular complexity index is 379. The molecule has 1 aromatic rings. The van der Waals surface area contributed by atoms with Crippen LogP contribution >= 0.6 is 0 Å². The van der Waals surface area contributed by atoms with Crippen LogP contribution in [-0.4, -0.2) is 11.1 Å². The van der Waals surface area contributed by atoms with Crippen LogP contribution in [0.4, 0.5) is 0 Å². The largest absolute Gasteiger partial charge is 0.354 e. The zero-order chi connectivity index (χ0) is 13.7. The topological polar surface area (TPSA) is 17.0 Å². The lowest BCUT2D eigenvalue weighted by Crippen LogP contribution is -2.20. The highest BCUT2D eigenvalue weighted by Crippen LogP contribution is 2.29. The van der Waals surface area contributed by atoms with Crippen molar-refractivity contribution in [3.05, 3.63) is 23.5 Å². The average Bonchev–Trinajstić information content (AvgIpc) is 2.67. The monoisotopic (exact) mass is 262 g/mol. The quantitative estimate of drug-likeness (QED) is 0.756. The third-order valence-electron chi connectivity index (χ3n) is 4.21. The normalized spacial score (nSPS) is 19.5. The summed E-state index contributed by atoms with van der Waals surface area (Å²) in [5.74, 6) is 0.822. The predicted octanol–water partition coefficient (Wildman–Crippen LogP) is 4.30. The van der Waals surface area contributed by atoms with Crippen LogP contribution in [0.2, 0.25) is 0 Å². The summed E-state index contributed by atoms with van der Waals surface area (Å²) in [6.07, 6.45) is 12.7. The van der Waals surface area contributed by atoms with Crippen LogP contribution in [0.25, 0.3) is 0 Å². The Labute approximate surface area is 118 Å². The van der Waals surface area contributed by atoms with Gasteiger partial charge < -0.3 is 9.88 Å². The molecule has 1 aliphatic carbocycles. The van der Waals surface area contributed by atoms with E-state index in [0.717, 1.165) is 12.5 Å². The molecule has 1 unspecified atom stereocenters. The fraction of sp³-hybridized carbons (Fsp3) is 0.765. The minimum atomic E-state index is 0.592. The van der Waals surface area contributed by atoms with Crippen LogP contribution in [0.5, 0.6) is 0 Å². The van der Waals surface area contributed by atoms with Crippen LogP contribution in [-0.2, 0) is 13.0 Å². The van der Waals surface area contributed by atoms with Gasteiger partial charge in [0.1, 0.15) is 0 Å². The summed E-state index contributed by atoms with van der Waals surface area (Å²) >= 11 is 0. The van der Waals surface area contributed by atoms with E-state index in [4.69, 9.17) is 0 Å². The maximum atomic E-state index is 3.65. The summed E-state index contributed by atoms with van der Waals surface area (Å²) in [7, 11) is 0. The Hall–Kier alpha value is -0.760. The van der Waals surface area contributed by atoms with Gasteiger partial charge in [0.2, 0.25) is 0 Å².